The summed E-state index contributed by atoms with van der Waals surface area (Å²) in [5.74, 6) is -1.49. The van der Waals surface area contributed by atoms with Crippen LogP contribution in [-0.4, -0.2) is 11.9 Å². The van der Waals surface area contributed by atoms with E-state index in [0.717, 1.165) is 16.7 Å². The molecule has 1 amide bonds. The van der Waals surface area contributed by atoms with E-state index in [1.807, 2.05) is 31.2 Å². The first-order valence-electron chi connectivity index (χ1n) is 6.90. The van der Waals surface area contributed by atoms with Crippen molar-refractivity contribution in [1.29, 1.82) is 0 Å². The van der Waals surface area contributed by atoms with E-state index in [4.69, 9.17) is 11.5 Å². The number of aliphatic imine (C=N–C) groups is 1. The Kier molecular flexibility index (Phi) is 4.88. The highest BCUT2D eigenvalue weighted by Gasteiger charge is 2.21. The molecular formula is C17H18FN3O. The first-order chi connectivity index (χ1) is 10.5. The number of carbonyl (C=O) groups excluding carboxylic acids is 1. The number of aryl methyl sites for hydroxylation is 1. The third kappa shape index (κ3) is 4.15. The third-order valence-electron chi connectivity index (χ3n) is 3.37. The van der Waals surface area contributed by atoms with Crippen LogP contribution in [0, 0.1) is 12.7 Å². The van der Waals surface area contributed by atoms with Crippen LogP contribution < -0.4 is 11.5 Å². The van der Waals surface area contributed by atoms with Crippen molar-refractivity contribution in [3.05, 3.63) is 71.0 Å². The van der Waals surface area contributed by atoms with E-state index >= 15 is 0 Å². The Hall–Kier alpha value is -2.69. The second-order valence-corrected chi connectivity index (χ2v) is 5.17. The minimum atomic E-state index is -0.506. The zero-order valence-corrected chi connectivity index (χ0v) is 12.3. The average molecular weight is 299 g/mol. The van der Waals surface area contributed by atoms with Crippen molar-refractivity contribution >= 4 is 11.9 Å². The second kappa shape index (κ2) is 6.85. The molecule has 0 fully saturated rings. The number of benzene rings is 2. The maximum Gasteiger partial charge on any atom is 0.256 e. The van der Waals surface area contributed by atoms with Crippen LogP contribution in [0.25, 0.3) is 0 Å². The van der Waals surface area contributed by atoms with E-state index < -0.39 is 11.8 Å². The molecule has 0 radical (unpaired) electrons. The van der Waals surface area contributed by atoms with Gasteiger partial charge in [0.1, 0.15) is 5.82 Å². The summed E-state index contributed by atoms with van der Waals surface area (Å²) < 4.78 is 13.0. The summed E-state index contributed by atoms with van der Waals surface area (Å²) in [5.41, 5.74) is 13.4. The van der Waals surface area contributed by atoms with E-state index in [1.54, 1.807) is 12.1 Å². The number of halogens is 1. The number of carbonyl (C=O) groups is 1. The van der Waals surface area contributed by atoms with E-state index in [-0.39, 0.29) is 11.8 Å². The Morgan fingerprint density at radius 3 is 2.23 bits per heavy atom. The smallest absolute Gasteiger partial charge is 0.256 e. The number of hydrogen-bond acceptors (Lipinski definition) is 1. The summed E-state index contributed by atoms with van der Waals surface area (Å²) in [5, 5.41) is 0. The fraction of sp³-hybridized carbons (Fsp3) is 0.176. The summed E-state index contributed by atoms with van der Waals surface area (Å²) in [7, 11) is 0. The highest BCUT2D eigenvalue weighted by atomic mass is 19.1. The molecule has 0 saturated heterocycles. The molecule has 2 aromatic rings. The summed E-state index contributed by atoms with van der Waals surface area (Å²) in [6.45, 7) is 1.97. The number of rotatable bonds is 4. The predicted octanol–water partition coefficient (Wildman–Crippen LogP) is 2.26. The van der Waals surface area contributed by atoms with Crippen molar-refractivity contribution in [2.75, 3.05) is 0 Å². The average Bonchev–Trinajstić information content (AvgIpc) is 2.47. The molecule has 0 aliphatic carbocycles. The van der Waals surface area contributed by atoms with Gasteiger partial charge in [0.05, 0.1) is 5.92 Å². The van der Waals surface area contributed by atoms with E-state index in [2.05, 4.69) is 4.99 Å². The molecule has 2 aromatic carbocycles. The number of nitrogens with two attached hydrogens (primary N) is 2. The van der Waals surface area contributed by atoms with Gasteiger partial charge < -0.3 is 11.5 Å². The van der Waals surface area contributed by atoms with Gasteiger partial charge in [-0.15, -0.1) is 0 Å². The van der Waals surface area contributed by atoms with Gasteiger partial charge in [-0.1, -0.05) is 42.0 Å². The molecule has 0 aliphatic heterocycles. The van der Waals surface area contributed by atoms with Crippen LogP contribution in [0.2, 0.25) is 0 Å². The highest BCUT2D eigenvalue weighted by molar-refractivity contribution is 5.95. The van der Waals surface area contributed by atoms with E-state index in [0.29, 0.717) is 6.42 Å². The molecule has 5 heteroatoms. The number of amides is 1. The van der Waals surface area contributed by atoms with Gasteiger partial charge in [-0.05, 0) is 36.6 Å². The van der Waals surface area contributed by atoms with Crippen molar-refractivity contribution in [2.45, 2.75) is 19.3 Å². The predicted molar refractivity (Wildman–Crippen MR) is 84.8 cm³/mol. The molecule has 4 N–H and O–H groups in total. The van der Waals surface area contributed by atoms with Gasteiger partial charge in [-0.2, -0.15) is 4.99 Å². The molecule has 0 aliphatic rings. The summed E-state index contributed by atoms with van der Waals surface area (Å²) in [4.78, 5) is 15.9. The number of hydrogen-bond donors (Lipinski definition) is 2. The highest BCUT2D eigenvalue weighted by Crippen LogP contribution is 2.23. The Morgan fingerprint density at radius 1 is 1.09 bits per heavy atom. The molecule has 4 nitrogen and oxygen atoms in total. The van der Waals surface area contributed by atoms with E-state index in [9.17, 15) is 9.18 Å². The lowest BCUT2D eigenvalue weighted by atomic mass is 9.91. The summed E-state index contributed by atoms with van der Waals surface area (Å²) >= 11 is 0. The Bertz CT molecular complexity index is 674. The Morgan fingerprint density at radius 2 is 1.68 bits per heavy atom. The minimum absolute atomic E-state index is 0.263. The maximum atomic E-state index is 13.0. The molecule has 1 atom stereocenters. The molecule has 0 bridgehead atoms. The van der Waals surface area contributed by atoms with Crippen LogP contribution in [0.1, 0.15) is 22.6 Å². The first-order valence-corrected chi connectivity index (χ1v) is 6.90. The van der Waals surface area contributed by atoms with Gasteiger partial charge in [0, 0.05) is 0 Å². The topological polar surface area (TPSA) is 81.5 Å². The molecule has 2 rings (SSSR count). The molecule has 0 aromatic heterocycles. The molecule has 0 spiro atoms. The molecular weight excluding hydrogens is 281 g/mol. The minimum Gasteiger partial charge on any atom is -0.370 e. The van der Waals surface area contributed by atoms with Crippen LogP contribution >= 0.6 is 0 Å². The Balaban J connectivity index is 2.32. The fourth-order valence-corrected chi connectivity index (χ4v) is 2.21. The normalized spacial score (nSPS) is 11.7. The third-order valence-corrected chi connectivity index (χ3v) is 3.37. The van der Waals surface area contributed by atoms with Gasteiger partial charge in [0.2, 0.25) is 0 Å². The molecule has 114 valence electrons. The lowest BCUT2D eigenvalue weighted by Crippen LogP contribution is -2.26. The Labute approximate surface area is 128 Å². The van der Waals surface area contributed by atoms with Gasteiger partial charge in [0.25, 0.3) is 5.91 Å². The lowest BCUT2D eigenvalue weighted by molar-refractivity contribution is -0.119. The van der Waals surface area contributed by atoms with Gasteiger partial charge >= 0.3 is 0 Å². The van der Waals surface area contributed by atoms with Crippen molar-refractivity contribution in [3.8, 4) is 0 Å². The van der Waals surface area contributed by atoms with Crippen molar-refractivity contribution in [1.82, 2.24) is 0 Å². The molecule has 0 saturated carbocycles. The largest absolute Gasteiger partial charge is 0.370 e. The van der Waals surface area contributed by atoms with Crippen LogP contribution in [0.15, 0.2) is 53.5 Å². The van der Waals surface area contributed by atoms with Crippen LogP contribution in [-0.2, 0) is 11.2 Å². The van der Waals surface area contributed by atoms with Crippen molar-refractivity contribution in [3.63, 3.8) is 0 Å². The fourth-order valence-electron chi connectivity index (χ4n) is 2.21. The molecule has 0 unspecified atom stereocenters. The lowest BCUT2D eigenvalue weighted by Gasteiger charge is -2.14. The zero-order valence-electron chi connectivity index (χ0n) is 12.3. The monoisotopic (exact) mass is 299 g/mol. The van der Waals surface area contributed by atoms with Crippen LogP contribution in [0.4, 0.5) is 4.39 Å². The standard InChI is InChI=1S/C17H18FN3O/c1-11-2-6-13(7-3-11)15(16(22)21-17(19)20)10-12-4-8-14(18)9-5-12/h2-9,15H,10H2,1H3,(H4,19,20,21,22)/t15-/m0/s1. The number of nitrogens with zero attached hydrogens (tertiary/aromatic N) is 1. The maximum absolute atomic E-state index is 13.0. The first kappa shape index (κ1) is 15.7. The second-order valence-electron chi connectivity index (χ2n) is 5.17. The van der Waals surface area contributed by atoms with Crippen LogP contribution in [0.3, 0.4) is 0 Å². The molecule has 0 heterocycles. The summed E-state index contributed by atoms with van der Waals surface area (Å²) in [6, 6.07) is 13.6. The quantitative estimate of drug-likeness (QED) is 0.671. The van der Waals surface area contributed by atoms with Crippen LogP contribution in [0.5, 0.6) is 0 Å². The van der Waals surface area contributed by atoms with E-state index in [1.165, 1.54) is 12.1 Å². The van der Waals surface area contributed by atoms with Crippen molar-refractivity contribution < 1.29 is 9.18 Å². The van der Waals surface area contributed by atoms with Gasteiger partial charge in [-0.25, -0.2) is 4.39 Å². The SMILES string of the molecule is Cc1ccc([C@H](Cc2ccc(F)cc2)C(=O)N=C(N)N)cc1. The van der Waals surface area contributed by atoms with Crippen molar-refractivity contribution in [2.24, 2.45) is 16.5 Å². The zero-order chi connectivity index (χ0) is 16.1. The summed E-state index contributed by atoms with van der Waals surface area (Å²) in [6.07, 6.45) is 0.402. The van der Waals surface area contributed by atoms with Gasteiger partial charge in [-0.3, -0.25) is 4.79 Å². The number of guanidine groups is 1. The van der Waals surface area contributed by atoms with Gasteiger partial charge in [0.15, 0.2) is 5.96 Å². The molecule has 22 heavy (non-hydrogen) atoms.